The number of benzene rings is 1. The largest absolute Gasteiger partial charge is 0.394 e. The lowest BCUT2D eigenvalue weighted by Gasteiger charge is -2.06. The van der Waals surface area contributed by atoms with E-state index in [1.807, 2.05) is 45.9 Å². The van der Waals surface area contributed by atoms with Crippen LogP contribution in [0.2, 0.25) is 0 Å². The Labute approximate surface area is 174 Å². The van der Waals surface area contributed by atoms with E-state index < -0.39 is 0 Å². The number of pyridine rings is 1. The average Bonchev–Trinajstić information content (AvgIpc) is 3.06. The van der Waals surface area contributed by atoms with E-state index in [2.05, 4.69) is 20.6 Å². The van der Waals surface area contributed by atoms with E-state index in [4.69, 9.17) is 5.11 Å². The Kier molecular flexibility index (Phi) is 11.0. The summed E-state index contributed by atoms with van der Waals surface area (Å²) in [7, 11) is 1.65. The van der Waals surface area contributed by atoms with Gasteiger partial charge in [-0.2, -0.15) is 0 Å². The molecule has 0 atom stereocenters. The van der Waals surface area contributed by atoms with Gasteiger partial charge in [-0.05, 0) is 43.7 Å². The van der Waals surface area contributed by atoms with Crippen LogP contribution in [0.3, 0.4) is 0 Å². The number of carbonyl (C=O) groups is 1. The number of aldehydes is 1. The first kappa shape index (κ1) is 24.6. The first-order valence-corrected chi connectivity index (χ1v) is 10.1. The lowest BCUT2D eigenvalue weighted by molar-refractivity contribution is 0.0314. The number of aromatic nitrogens is 1. The highest BCUT2D eigenvalue weighted by Crippen LogP contribution is 2.36. The number of hydroxylamine groups is 1. The van der Waals surface area contributed by atoms with Crippen molar-refractivity contribution in [2.24, 2.45) is 0 Å². The summed E-state index contributed by atoms with van der Waals surface area (Å²) in [5.41, 5.74) is 5.01. The van der Waals surface area contributed by atoms with E-state index in [0.29, 0.717) is 22.9 Å². The van der Waals surface area contributed by atoms with Gasteiger partial charge in [-0.15, -0.1) is 0 Å². The molecule has 0 aliphatic rings. The molecule has 3 rings (SSSR count). The van der Waals surface area contributed by atoms with E-state index in [0.717, 1.165) is 27.8 Å². The van der Waals surface area contributed by atoms with Gasteiger partial charge in [-0.3, -0.25) is 9.63 Å². The highest BCUT2D eigenvalue weighted by atomic mass is 32.1. The fourth-order valence-electron chi connectivity index (χ4n) is 2.29. The number of nitrogens with zero attached hydrogens (tertiary/aromatic N) is 1. The third-order valence-electron chi connectivity index (χ3n) is 3.56. The van der Waals surface area contributed by atoms with Crippen molar-refractivity contribution in [2.75, 3.05) is 25.6 Å². The zero-order valence-corrected chi connectivity index (χ0v) is 18.2. The minimum Gasteiger partial charge on any atom is -0.394 e. The predicted octanol–water partition coefficient (Wildman–Crippen LogP) is 4.76. The van der Waals surface area contributed by atoms with Crippen molar-refractivity contribution in [2.45, 2.75) is 27.7 Å². The minimum absolute atomic E-state index is 0.0703. The Hall–Kier alpha value is -2.39. The van der Waals surface area contributed by atoms with Crippen molar-refractivity contribution in [1.82, 2.24) is 10.5 Å². The number of fused-ring (bicyclic) bond motifs is 1. The molecule has 0 bridgehead atoms. The summed E-state index contributed by atoms with van der Waals surface area (Å²) < 4.78 is 13.9. The van der Waals surface area contributed by atoms with Crippen molar-refractivity contribution < 1.29 is 19.1 Å². The monoisotopic (exact) mass is 421 g/mol. The molecule has 2 aromatic heterocycles. The lowest BCUT2D eigenvalue weighted by Crippen LogP contribution is -2.10. The summed E-state index contributed by atoms with van der Waals surface area (Å²) in [6, 6.07) is 8.68. The van der Waals surface area contributed by atoms with Crippen LogP contribution in [-0.4, -0.2) is 36.6 Å². The van der Waals surface area contributed by atoms with Crippen LogP contribution < -0.4 is 10.8 Å². The van der Waals surface area contributed by atoms with Gasteiger partial charge in [0, 0.05) is 18.1 Å². The number of aryl methyl sites for hydroxylation is 2. The number of hydrogen-bond acceptors (Lipinski definition) is 7. The lowest BCUT2D eigenvalue weighted by atomic mass is 10.2. The quantitative estimate of drug-likeness (QED) is 0.302. The standard InChI is InChI=1S/C16H13FN2OS.C3H9NO2.C2H6/c1-9-3-6-14(13(17)7-9)19-16-12(8-20)11-5-4-10(2)18-15(11)21-16;1-4-6-3-2-5;1-2/h3-8,19H,1-2H3;4-5H,2-3H2,1H3;1-2H3. The molecule has 158 valence electrons. The molecule has 0 saturated heterocycles. The number of halogens is 1. The van der Waals surface area contributed by atoms with Crippen LogP contribution in [0.4, 0.5) is 15.1 Å². The van der Waals surface area contributed by atoms with Crippen LogP contribution in [0, 0.1) is 19.7 Å². The van der Waals surface area contributed by atoms with Gasteiger partial charge < -0.3 is 10.4 Å². The van der Waals surface area contributed by atoms with E-state index in [-0.39, 0.29) is 12.4 Å². The third kappa shape index (κ3) is 7.17. The van der Waals surface area contributed by atoms with Gasteiger partial charge in [0.1, 0.15) is 15.6 Å². The number of rotatable bonds is 6. The smallest absolute Gasteiger partial charge is 0.153 e. The highest BCUT2D eigenvalue weighted by Gasteiger charge is 2.14. The van der Waals surface area contributed by atoms with E-state index >= 15 is 0 Å². The molecular weight excluding hydrogens is 393 g/mol. The molecule has 0 saturated carbocycles. The highest BCUT2D eigenvalue weighted by molar-refractivity contribution is 7.23. The molecule has 0 aliphatic carbocycles. The third-order valence-corrected chi connectivity index (χ3v) is 4.59. The second-order valence-electron chi connectivity index (χ2n) is 5.65. The molecule has 0 amide bonds. The molecule has 29 heavy (non-hydrogen) atoms. The summed E-state index contributed by atoms with van der Waals surface area (Å²) in [5.74, 6) is -0.339. The van der Waals surface area contributed by atoms with Crippen molar-refractivity contribution in [1.29, 1.82) is 0 Å². The number of anilines is 2. The van der Waals surface area contributed by atoms with E-state index in [1.54, 1.807) is 13.1 Å². The summed E-state index contributed by atoms with van der Waals surface area (Å²) in [6.07, 6.45) is 0.782. The van der Waals surface area contributed by atoms with Gasteiger partial charge in [0.25, 0.3) is 0 Å². The second-order valence-corrected chi connectivity index (χ2v) is 6.65. The van der Waals surface area contributed by atoms with E-state index in [9.17, 15) is 9.18 Å². The fourth-order valence-corrected chi connectivity index (χ4v) is 3.39. The Morgan fingerprint density at radius 1 is 1.24 bits per heavy atom. The number of nitrogens with one attached hydrogen (secondary N) is 2. The predicted molar refractivity (Wildman–Crippen MR) is 118 cm³/mol. The number of hydrogen-bond donors (Lipinski definition) is 3. The SMILES string of the molecule is CC.CNOCCO.Cc1ccc(Nc2sc3nc(C)ccc3c2C=O)c(F)c1. The average molecular weight is 422 g/mol. The molecule has 0 radical (unpaired) electrons. The van der Waals surface area contributed by atoms with Crippen LogP contribution in [0.15, 0.2) is 30.3 Å². The number of carbonyl (C=O) groups excluding carboxylic acids is 1. The number of thiophene rings is 1. The van der Waals surface area contributed by atoms with Crippen LogP contribution in [0.1, 0.15) is 35.5 Å². The normalized spacial score (nSPS) is 9.90. The van der Waals surface area contributed by atoms with Gasteiger partial charge in [0.15, 0.2) is 6.29 Å². The molecule has 1 aromatic carbocycles. The van der Waals surface area contributed by atoms with Crippen LogP contribution in [-0.2, 0) is 4.84 Å². The molecular formula is C21H28FN3O3S. The summed E-state index contributed by atoms with van der Waals surface area (Å²) in [5, 5.41) is 12.4. The van der Waals surface area contributed by atoms with Gasteiger partial charge in [-0.25, -0.2) is 14.9 Å². The van der Waals surface area contributed by atoms with Crippen LogP contribution >= 0.6 is 11.3 Å². The van der Waals surface area contributed by atoms with Crippen molar-refractivity contribution in [3.8, 4) is 0 Å². The molecule has 0 unspecified atom stereocenters. The fraction of sp³-hybridized carbons (Fsp3) is 0.333. The van der Waals surface area contributed by atoms with Crippen molar-refractivity contribution in [3.63, 3.8) is 0 Å². The molecule has 0 fully saturated rings. The Bertz CT molecular complexity index is 912. The summed E-state index contributed by atoms with van der Waals surface area (Å²) in [4.78, 5) is 21.0. The van der Waals surface area contributed by atoms with Gasteiger partial charge in [-0.1, -0.05) is 31.3 Å². The molecule has 2 heterocycles. The maximum Gasteiger partial charge on any atom is 0.153 e. The first-order valence-electron chi connectivity index (χ1n) is 9.28. The molecule has 8 heteroatoms. The summed E-state index contributed by atoms with van der Waals surface area (Å²) >= 11 is 1.35. The Balaban J connectivity index is 0.000000454. The van der Waals surface area contributed by atoms with Crippen molar-refractivity contribution in [3.05, 3.63) is 53.0 Å². The molecule has 0 spiro atoms. The summed E-state index contributed by atoms with van der Waals surface area (Å²) in [6.45, 7) is 8.15. The van der Waals surface area contributed by atoms with Gasteiger partial charge in [0.05, 0.1) is 24.5 Å². The maximum absolute atomic E-state index is 13.9. The maximum atomic E-state index is 13.9. The van der Waals surface area contributed by atoms with Crippen LogP contribution in [0.25, 0.3) is 10.2 Å². The molecule has 0 aliphatic heterocycles. The molecule has 3 aromatic rings. The topological polar surface area (TPSA) is 83.5 Å². The van der Waals surface area contributed by atoms with Gasteiger partial charge in [0.2, 0.25) is 0 Å². The van der Waals surface area contributed by atoms with E-state index in [1.165, 1.54) is 17.4 Å². The Morgan fingerprint density at radius 3 is 2.52 bits per heavy atom. The van der Waals surface area contributed by atoms with Gasteiger partial charge >= 0.3 is 0 Å². The Morgan fingerprint density at radius 2 is 1.97 bits per heavy atom. The zero-order valence-electron chi connectivity index (χ0n) is 17.4. The molecule has 3 N–H and O–H groups in total. The van der Waals surface area contributed by atoms with Crippen molar-refractivity contribution >= 4 is 38.5 Å². The number of aliphatic hydroxyl groups is 1. The minimum atomic E-state index is -0.339. The second kappa shape index (κ2) is 12.9. The number of aliphatic hydroxyl groups excluding tert-OH is 1. The van der Waals surface area contributed by atoms with Crippen LogP contribution in [0.5, 0.6) is 0 Å². The zero-order chi connectivity index (χ0) is 21.8. The molecule has 6 nitrogen and oxygen atoms in total. The first-order chi connectivity index (χ1) is 14.0.